The normalized spacial score (nSPS) is 18.8. The molecule has 1 aromatic carbocycles. The van der Waals surface area contributed by atoms with Crippen LogP contribution in [0.3, 0.4) is 0 Å². The Morgan fingerprint density at radius 3 is 3.06 bits per heavy atom. The maximum absolute atomic E-state index is 10.9. The van der Waals surface area contributed by atoms with Crippen LogP contribution in [0.25, 0.3) is 0 Å². The lowest BCUT2D eigenvalue weighted by Crippen LogP contribution is -2.12. The number of nitrogens with zero attached hydrogens (tertiary/aromatic N) is 1. The molecule has 0 radical (unpaired) electrons. The molecule has 0 spiro atoms. The number of hydrogen-bond donors (Lipinski definition) is 1. The summed E-state index contributed by atoms with van der Waals surface area (Å²) < 4.78 is 5.49. The second kappa shape index (κ2) is 6.02. The molecule has 0 amide bonds. The SMILES string of the molecule is O=[N+]([O-])c1cccc(Cl)c1OCCC1CCNC1. The van der Waals surface area contributed by atoms with Crippen molar-refractivity contribution in [3.63, 3.8) is 0 Å². The molecular weight excluding hydrogens is 256 g/mol. The van der Waals surface area contributed by atoms with E-state index in [0.29, 0.717) is 12.5 Å². The first-order chi connectivity index (χ1) is 8.68. The van der Waals surface area contributed by atoms with Crippen LogP contribution in [0.15, 0.2) is 18.2 Å². The minimum absolute atomic E-state index is 0.0768. The molecule has 6 heteroatoms. The van der Waals surface area contributed by atoms with Gasteiger partial charge >= 0.3 is 5.69 Å². The third-order valence-electron chi connectivity index (χ3n) is 3.08. The molecule has 0 bridgehead atoms. The van der Waals surface area contributed by atoms with Crippen molar-refractivity contribution >= 4 is 17.3 Å². The van der Waals surface area contributed by atoms with Gasteiger partial charge in [0.05, 0.1) is 16.6 Å². The topological polar surface area (TPSA) is 64.4 Å². The molecule has 1 aromatic rings. The lowest BCUT2D eigenvalue weighted by atomic mass is 10.1. The minimum atomic E-state index is -0.474. The highest BCUT2D eigenvalue weighted by Gasteiger charge is 2.19. The Balaban J connectivity index is 1.97. The van der Waals surface area contributed by atoms with Gasteiger partial charge in [0.15, 0.2) is 0 Å². The van der Waals surface area contributed by atoms with E-state index in [0.717, 1.165) is 25.9 Å². The Kier molecular flexibility index (Phi) is 4.38. The molecule has 0 aliphatic carbocycles. The molecule has 0 saturated carbocycles. The summed E-state index contributed by atoms with van der Waals surface area (Å²) in [7, 11) is 0. The van der Waals surface area contributed by atoms with E-state index < -0.39 is 4.92 Å². The summed E-state index contributed by atoms with van der Waals surface area (Å²) in [5.74, 6) is 0.765. The van der Waals surface area contributed by atoms with Crippen LogP contribution in [-0.4, -0.2) is 24.6 Å². The molecule has 1 heterocycles. The van der Waals surface area contributed by atoms with E-state index >= 15 is 0 Å². The fourth-order valence-electron chi connectivity index (χ4n) is 2.07. The second-order valence-corrected chi connectivity index (χ2v) is 4.75. The molecule has 98 valence electrons. The van der Waals surface area contributed by atoms with Gasteiger partial charge in [0, 0.05) is 6.07 Å². The molecule has 18 heavy (non-hydrogen) atoms. The van der Waals surface area contributed by atoms with Crippen molar-refractivity contribution in [2.45, 2.75) is 12.8 Å². The van der Waals surface area contributed by atoms with Crippen molar-refractivity contribution in [3.8, 4) is 5.75 Å². The predicted molar refractivity (Wildman–Crippen MR) is 69.2 cm³/mol. The number of nitro benzene ring substituents is 1. The largest absolute Gasteiger partial charge is 0.486 e. The van der Waals surface area contributed by atoms with Gasteiger partial charge in [-0.3, -0.25) is 10.1 Å². The monoisotopic (exact) mass is 270 g/mol. The number of nitro groups is 1. The third kappa shape index (κ3) is 3.11. The summed E-state index contributed by atoms with van der Waals surface area (Å²) in [6.07, 6.45) is 2.02. The van der Waals surface area contributed by atoms with E-state index in [9.17, 15) is 10.1 Å². The van der Waals surface area contributed by atoms with Gasteiger partial charge in [-0.25, -0.2) is 0 Å². The fraction of sp³-hybridized carbons (Fsp3) is 0.500. The molecule has 1 fully saturated rings. The van der Waals surface area contributed by atoms with Gasteiger partial charge in [0.2, 0.25) is 5.75 Å². The summed E-state index contributed by atoms with van der Waals surface area (Å²) in [6.45, 7) is 2.49. The van der Waals surface area contributed by atoms with E-state index in [2.05, 4.69) is 5.32 Å². The zero-order chi connectivity index (χ0) is 13.0. The molecule has 5 nitrogen and oxygen atoms in total. The van der Waals surface area contributed by atoms with Crippen molar-refractivity contribution in [3.05, 3.63) is 33.3 Å². The van der Waals surface area contributed by atoms with Gasteiger partial charge < -0.3 is 10.1 Å². The predicted octanol–water partition coefficient (Wildman–Crippen LogP) is 2.63. The highest BCUT2D eigenvalue weighted by Crippen LogP contribution is 2.34. The highest BCUT2D eigenvalue weighted by molar-refractivity contribution is 6.32. The van der Waals surface area contributed by atoms with Crippen LogP contribution in [0.2, 0.25) is 5.02 Å². The highest BCUT2D eigenvalue weighted by atomic mass is 35.5. The molecule has 1 saturated heterocycles. The first kappa shape index (κ1) is 13.1. The van der Waals surface area contributed by atoms with Crippen LogP contribution in [0.1, 0.15) is 12.8 Å². The van der Waals surface area contributed by atoms with E-state index in [1.165, 1.54) is 6.07 Å². The van der Waals surface area contributed by atoms with Crippen molar-refractivity contribution in [1.29, 1.82) is 0 Å². The van der Waals surface area contributed by atoms with E-state index in [1.807, 2.05) is 0 Å². The average Bonchev–Trinajstić information content (AvgIpc) is 2.84. The summed E-state index contributed by atoms with van der Waals surface area (Å²) in [6, 6.07) is 4.55. The van der Waals surface area contributed by atoms with Gasteiger partial charge in [-0.1, -0.05) is 17.7 Å². The summed E-state index contributed by atoms with van der Waals surface area (Å²) >= 11 is 5.93. The van der Waals surface area contributed by atoms with Crippen molar-refractivity contribution in [2.75, 3.05) is 19.7 Å². The summed E-state index contributed by atoms with van der Waals surface area (Å²) in [5.41, 5.74) is -0.0768. The van der Waals surface area contributed by atoms with Crippen LogP contribution < -0.4 is 10.1 Å². The second-order valence-electron chi connectivity index (χ2n) is 4.34. The van der Waals surface area contributed by atoms with Gasteiger partial charge in [0.25, 0.3) is 0 Å². The molecule has 1 N–H and O–H groups in total. The lowest BCUT2D eigenvalue weighted by Gasteiger charge is -2.11. The number of para-hydroxylation sites is 1. The Labute approximate surface area is 110 Å². The van der Waals surface area contributed by atoms with Crippen LogP contribution in [0, 0.1) is 16.0 Å². The Bertz CT molecular complexity index is 433. The van der Waals surface area contributed by atoms with Gasteiger partial charge in [-0.15, -0.1) is 0 Å². The number of halogens is 1. The van der Waals surface area contributed by atoms with Crippen molar-refractivity contribution in [2.24, 2.45) is 5.92 Å². The number of rotatable bonds is 5. The lowest BCUT2D eigenvalue weighted by molar-refractivity contribution is -0.385. The van der Waals surface area contributed by atoms with E-state index in [4.69, 9.17) is 16.3 Å². The van der Waals surface area contributed by atoms with Crippen LogP contribution in [-0.2, 0) is 0 Å². The number of benzene rings is 1. The zero-order valence-corrected chi connectivity index (χ0v) is 10.7. The maximum atomic E-state index is 10.9. The number of ether oxygens (including phenoxy) is 1. The van der Waals surface area contributed by atoms with Gasteiger partial charge in [0.1, 0.15) is 0 Å². The molecule has 0 aromatic heterocycles. The van der Waals surface area contributed by atoms with Crippen molar-refractivity contribution < 1.29 is 9.66 Å². The minimum Gasteiger partial charge on any atom is -0.486 e. The number of hydrogen-bond acceptors (Lipinski definition) is 4. The maximum Gasteiger partial charge on any atom is 0.312 e. The summed E-state index contributed by atoms with van der Waals surface area (Å²) in [5, 5.41) is 14.4. The van der Waals surface area contributed by atoms with Crippen molar-refractivity contribution in [1.82, 2.24) is 5.32 Å². The Morgan fingerprint density at radius 2 is 2.39 bits per heavy atom. The quantitative estimate of drug-likeness (QED) is 0.660. The molecule has 1 aliphatic heterocycles. The smallest absolute Gasteiger partial charge is 0.312 e. The van der Waals surface area contributed by atoms with Crippen LogP contribution in [0.4, 0.5) is 5.69 Å². The zero-order valence-electron chi connectivity index (χ0n) is 9.89. The first-order valence-corrected chi connectivity index (χ1v) is 6.32. The van der Waals surface area contributed by atoms with Crippen LogP contribution in [0.5, 0.6) is 5.75 Å². The van der Waals surface area contributed by atoms with Crippen LogP contribution >= 0.6 is 11.6 Å². The first-order valence-electron chi connectivity index (χ1n) is 5.95. The molecule has 2 rings (SSSR count). The Morgan fingerprint density at radius 1 is 1.56 bits per heavy atom. The molecule has 1 aliphatic rings. The molecular formula is C12H15ClN2O3. The number of nitrogens with one attached hydrogen (secondary N) is 1. The van der Waals surface area contributed by atoms with Gasteiger partial charge in [-0.05, 0) is 37.9 Å². The fourth-order valence-corrected chi connectivity index (χ4v) is 2.30. The standard InChI is InChI=1S/C12H15ClN2O3/c13-10-2-1-3-11(15(16)17)12(10)18-7-5-9-4-6-14-8-9/h1-3,9,14H,4-8H2. The Hall–Kier alpha value is -1.33. The molecule has 1 unspecified atom stereocenters. The van der Waals surface area contributed by atoms with E-state index in [-0.39, 0.29) is 16.5 Å². The molecule has 1 atom stereocenters. The summed E-state index contributed by atoms with van der Waals surface area (Å²) in [4.78, 5) is 10.4. The third-order valence-corrected chi connectivity index (χ3v) is 3.38. The van der Waals surface area contributed by atoms with Gasteiger partial charge in [-0.2, -0.15) is 0 Å². The average molecular weight is 271 g/mol. The van der Waals surface area contributed by atoms with E-state index in [1.54, 1.807) is 12.1 Å².